The first-order chi connectivity index (χ1) is 14.1. The maximum atomic E-state index is 12.5. The highest BCUT2D eigenvalue weighted by molar-refractivity contribution is 7.99. The molecule has 2 heterocycles. The minimum absolute atomic E-state index is 0.0664. The van der Waals surface area contributed by atoms with Gasteiger partial charge in [0.15, 0.2) is 10.9 Å². The van der Waals surface area contributed by atoms with Crippen molar-refractivity contribution in [3.8, 4) is 11.6 Å². The number of nitrogens with zero attached hydrogens (tertiary/aromatic N) is 3. The number of hydrogen-bond donors (Lipinski definition) is 1. The Labute approximate surface area is 173 Å². The van der Waals surface area contributed by atoms with Crippen LogP contribution in [0.15, 0.2) is 58.1 Å². The van der Waals surface area contributed by atoms with Crippen LogP contribution in [0.5, 0.6) is 0 Å². The summed E-state index contributed by atoms with van der Waals surface area (Å²) in [7, 11) is 0. The highest BCUT2D eigenvalue weighted by Crippen LogP contribution is 2.29. The van der Waals surface area contributed by atoms with Crippen LogP contribution in [0.1, 0.15) is 18.1 Å². The molecule has 1 N–H and O–H groups in total. The minimum atomic E-state index is -0.0664. The molecule has 0 aliphatic carbocycles. The van der Waals surface area contributed by atoms with Gasteiger partial charge in [0.25, 0.3) is 0 Å². The summed E-state index contributed by atoms with van der Waals surface area (Å²) in [5, 5.41) is 13.3. The molecule has 0 aliphatic heterocycles. The van der Waals surface area contributed by atoms with E-state index < -0.39 is 0 Å². The number of carbonyl (C=O) groups excluding carboxylic acids is 1. The minimum Gasteiger partial charge on any atom is -0.453 e. The van der Waals surface area contributed by atoms with Gasteiger partial charge in [-0.1, -0.05) is 48.2 Å². The Kier molecular flexibility index (Phi) is 5.40. The first-order valence-electron chi connectivity index (χ1n) is 9.48. The van der Waals surface area contributed by atoms with Gasteiger partial charge < -0.3 is 9.73 Å². The van der Waals surface area contributed by atoms with E-state index in [2.05, 4.69) is 15.5 Å². The monoisotopic (exact) mass is 406 g/mol. The van der Waals surface area contributed by atoms with E-state index in [1.807, 2.05) is 73.9 Å². The number of benzene rings is 2. The summed E-state index contributed by atoms with van der Waals surface area (Å²) < 4.78 is 7.90. The third-order valence-corrected chi connectivity index (χ3v) is 5.72. The second kappa shape index (κ2) is 8.13. The summed E-state index contributed by atoms with van der Waals surface area (Å²) in [6.45, 7) is 6.68. The van der Waals surface area contributed by atoms with E-state index in [4.69, 9.17) is 4.42 Å². The maximum absolute atomic E-state index is 12.5. The van der Waals surface area contributed by atoms with Crippen molar-refractivity contribution in [1.82, 2.24) is 14.8 Å². The highest BCUT2D eigenvalue weighted by atomic mass is 32.2. The number of fused-ring (bicyclic) bond motifs is 1. The fourth-order valence-corrected chi connectivity index (χ4v) is 4.07. The fourth-order valence-electron chi connectivity index (χ4n) is 3.27. The largest absolute Gasteiger partial charge is 0.453 e. The van der Waals surface area contributed by atoms with Crippen molar-refractivity contribution in [1.29, 1.82) is 0 Å². The van der Waals surface area contributed by atoms with Gasteiger partial charge in [-0.2, -0.15) is 0 Å². The normalized spacial score (nSPS) is 11.1. The van der Waals surface area contributed by atoms with Crippen LogP contribution in [-0.2, 0) is 11.3 Å². The second-order valence-electron chi connectivity index (χ2n) is 6.80. The molecule has 0 saturated carbocycles. The van der Waals surface area contributed by atoms with E-state index in [1.165, 1.54) is 11.8 Å². The topological polar surface area (TPSA) is 73.0 Å². The number of rotatable bonds is 6. The number of amides is 1. The van der Waals surface area contributed by atoms with Crippen LogP contribution in [0.3, 0.4) is 0 Å². The Morgan fingerprint density at radius 2 is 1.86 bits per heavy atom. The van der Waals surface area contributed by atoms with Gasteiger partial charge in [0.1, 0.15) is 5.58 Å². The number of aryl methyl sites for hydroxylation is 2. The van der Waals surface area contributed by atoms with Crippen molar-refractivity contribution in [3.05, 3.63) is 59.7 Å². The van der Waals surface area contributed by atoms with Crippen LogP contribution >= 0.6 is 11.8 Å². The molecule has 0 atom stereocenters. The van der Waals surface area contributed by atoms with Gasteiger partial charge in [0.2, 0.25) is 11.7 Å². The van der Waals surface area contributed by atoms with Gasteiger partial charge in [-0.3, -0.25) is 9.36 Å². The van der Waals surface area contributed by atoms with Crippen LogP contribution in [0.4, 0.5) is 5.69 Å². The lowest BCUT2D eigenvalue weighted by atomic mass is 10.1. The van der Waals surface area contributed by atoms with Crippen molar-refractivity contribution >= 4 is 34.3 Å². The van der Waals surface area contributed by atoms with Crippen molar-refractivity contribution in [2.75, 3.05) is 11.1 Å². The number of furan rings is 1. The lowest BCUT2D eigenvalue weighted by Crippen LogP contribution is -2.16. The summed E-state index contributed by atoms with van der Waals surface area (Å²) in [4.78, 5) is 12.5. The molecule has 6 nitrogen and oxygen atoms in total. The van der Waals surface area contributed by atoms with Crippen molar-refractivity contribution < 1.29 is 9.21 Å². The molecule has 0 radical (unpaired) electrons. The SMILES string of the molecule is CCn1c(SCC(=O)Nc2c(C)cccc2C)nnc1-c1cc2ccccc2o1. The molecule has 4 rings (SSSR count). The molecule has 2 aromatic heterocycles. The zero-order valence-corrected chi connectivity index (χ0v) is 17.4. The van der Waals surface area contributed by atoms with Gasteiger partial charge in [-0.05, 0) is 44.0 Å². The number of hydrogen-bond acceptors (Lipinski definition) is 5. The molecule has 148 valence electrons. The van der Waals surface area contributed by atoms with Crippen LogP contribution in [-0.4, -0.2) is 26.4 Å². The molecular weight excluding hydrogens is 384 g/mol. The molecule has 0 bridgehead atoms. The van der Waals surface area contributed by atoms with Gasteiger partial charge in [-0.25, -0.2) is 0 Å². The Bertz CT molecular complexity index is 1130. The Balaban J connectivity index is 1.50. The average molecular weight is 407 g/mol. The van der Waals surface area contributed by atoms with Gasteiger partial charge in [0.05, 0.1) is 5.75 Å². The van der Waals surface area contributed by atoms with Crippen LogP contribution < -0.4 is 5.32 Å². The molecule has 4 aromatic rings. The highest BCUT2D eigenvalue weighted by Gasteiger charge is 2.18. The molecule has 0 saturated heterocycles. The molecule has 29 heavy (non-hydrogen) atoms. The smallest absolute Gasteiger partial charge is 0.234 e. The van der Waals surface area contributed by atoms with E-state index >= 15 is 0 Å². The van der Waals surface area contributed by atoms with E-state index in [0.717, 1.165) is 27.8 Å². The van der Waals surface area contributed by atoms with Gasteiger partial charge in [-0.15, -0.1) is 10.2 Å². The van der Waals surface area contributed by atoms with E-state index in [-0.39, 0.29) is 11.7 Å². The average Bonchev–Trinajstić information content (AvgIpc) is 3.32. The molecule has 1 amide bonds. The third-order valence-electron chi connectivity index (χ3n) is 4.76. The molecule has 0 unspecified atom stereocenters. The number of thioether (sulfide) groups is 1. The third kappa shape index (κ3) is 3.91. The Hall–Kier alpha value is -3.06. The Morgan fingerprint density at radius 1 is 1.10 bits per heavy atom. The first kappa shape index (κ1) is 19.3. The van der Waals surface area contributed by atoms with Crippen molar-refractivity contribution in [3.63, 3.8) is 0 Å². The van der Waals surface area contributed by atoms with E-state index in [0.29, 0.717) is 23.3 Å². The molecule has 0 aliphatic rings. The predicted octanol–water partition coefficient (Wildman–Crippen LogP) is 5.06. The maximum Gasteiger partial charge on any atom is 0.234 e. The molecule has 0 fully saturated rings. The molecule has 0 spiro atoms. The van der Waals surface area contributed by atoms with Crippen LogP contribution in [0.25, 0.3) is 22.6 Å². The first-order valence-corrected chi connectivity index (χ1v) is 10.5. The summed E-state index contributed by atoms with van der Waals surface area (Å²) in [6.07, 6.45) is 0. The van der Waals surface area contributed by atoms with Gasteiger partial charge >= 0.3 is 0 Å². The number of carbonyl (C=O) groups is 1. The summed E-state index contributed by atoms with van der Waals surface area (Å²) in [5.41, 5.74) is 3.79. The predicted molar refractivity (Wildman–Crippen MR) is 116 cm³/mol. The fraction of sp³-hybridized carbons (Fsp3) is 0.227. The number of anilines is 1. The molecular formula is C22H22N4O2S. The number of aromatic nitrogens is 3. The van der Waals surface area contributed by atoms with E-state index in [9.17, 15) is 4.79 Å². The zero-order valence-electron chi connectivity index (χ0n) is 16.6. The van der Waals surface area contributed by atoms with Crippen LogP contribution in [0.2, 0.25) is 0 Å². The van der Waals surface area contributed by atoms with Gasteiger partial charge in [0, 0.05) is 17.6 Å². The van der Waals surface area contributed by atoms with Crippen molar-refractivity contribution in [2.24, 2.45) is 0 Å². The Morgan fingerprint density at radius 3 is 2.59 bits per heavy atom. The van der Waals surface area contributed by atoms with Crippen molar-refractivity contribution in [2.45, 2.75) is 32.5 Å². The molecule has 2 aromatic carbocycles. The van der Waals surface area contributed by atoms with Crippen LogP contribution in [0, 0.1) is 13.8 Å². The number of nitrogens with one attached hydrogen (secondary N) is 1. The van der Waals surface area contributed by atoms with E-state index in [1.54, 1.807) is 0 Å². The second-order valence-corrected chi connectivity index (χ2v) is 7.75. The summed E-state index contributed by atoms with van der Waals surface area (Å²) >= 11 is 1.37. The standard InChI is InChI=1S/C22H22N4O2S/c1-4-26-21(18-12-16-10-5-6-11-17(16)28-18)24-25-22(26)29-13-19(27)23-20-14(2)8-7-9-15(20)3/h5-12H,4,13H2,1-3H3,(H,23,27). The zero-order chi connectivity index (χ0) is 20.4. The lowest BCUT2D eigenvalue weighted by Gasteiger charge is -2.11. The summed E-state index contributed by atoms with van der Waals surface area (Å²) in [6, 6.07) is 15.8. The lowest BCUT2D eigenvalue weighted by molar-refractivity contribution is -0.113. The molecule has 7 heteroatoms. The summed E-state index contributed by atoms with van der Waals surface area (Å²) in [5.74, 6) is 1.53. The number of para-hydroxylation sites is 2. The quantitative estimate of drug-likeness (QED) is 0.453.